The van der Waals surface area contributed by atoms with E-state index in [0.717, 1.165) is 27.4 Å². The minimum atomic E-state index is -0.339. The number of thiophene rings is 1. The zero-order chi connectivity index (χ0) is 24.8. The molecule has 1 N–H and O–H groups in total. The van der Waals surface area contributed by atoms with E-state index >= 15 is 0 Å². The number of nitrogens with one attached hydrogen (secondary N) is 1. The van der Waals surface area contributed by atoms with Crippen molar-refractivity contribution >= 4 is 23.2 Å². The molecule has 0 spiro atoms. The van der Waals surface area contributed by atoms with Crippen LogP contribution in [0.5, 0.6) is 5.75 Å². The fourth-order valence-electron chi connectivity index (χ4n) is 4.11. The Balaban J connectivity index is 1.94. The summed E-state index contributed by atoms with van der Waals surface area (Å²) in [5.74, 6) is 0.663. The van der Waals surface area contributed by atoms with Gasteiger partial charge in [-0.05, 0) is 70.2 Å². The molecule has 4 rings (SSSR count). The molecule has 180 valence electrons. The predicted octanol–water partition coefficient (Wildman–Crippen LogP) is 4.85. The molecule has 7 nitrogen and oxygen atoms in total. The maximum atomic E-state index is 13.5. The van der Waals surface area contributed by atoms with Gasteiger partial charge >= 0.3 is 0 Å². The number of hydrogen-bond donors (Lipinski definition) is 1. The highest BCUT2D eigenvalue weighted by Gasteiger charge is 2.33. The molecule has 3 heterocycles. The summed E-state index contributed by atoms with van der Waals surface area (Å²) in [6, 6.07) is 7.82. The summed E-state index contributed by atoms with van der Waals surface area (Å²) in [7, 11) is 3.39. The zero-order valence-corrected chi connectivity index (χ0v) is 21.7. The Kier molecular flexibility index (Phi) is 6.29. The highest BCUT2D eigenvalue weighted by Crippen LogP contribution is 2.42. The van der Waals surface area contributed by atoms with Crippen LogP contribution in [0.25, 0.3) is 21.8 Å². The van der Waals surface area contributed by atoms with E-state index in [1.54, 1.807) is 23.3 Å². The highest BCUT2D eigenvalue weighted by atomic mass is 32.1. The quantitative estimate of drug-likeness (QED) is 0.566. The van der Waals surface area contributed by atoms with Crippen molar-refractivity contribution < 1.29 is 14.3 Å². The molecular formula is C26H32N4O3S. The Bertz CT molecular complexity index is 1240. The van der Waals surface area contributed by atoms with Crippen LogP contribution in [0.2, 0.25) is 0 Å². The molecule has 1 aromatic carbocycles. The minimum Gasteiger partial charge on any atom is -0.496 e. The van der Waals surface area contributed by atoms with Gasteiger partial charge in [0.05, 0.1) is 23.2 Å². The number of aromatic nitrogens is 2. The molecule has 0 unspecified atom stereocenters. The standard InChI is InChI=1S/C26H32N4O3S/c1-15(2)27-24(31)18-14-17-16(13-19(18)33-7)10-11-30-22(17)21(20-9-8-12-34-20)28-23(30)25(32)29(6)26(3,4)5/h8-9,12-15H,10-11H2,1-7H3,(H,27,31). The second-order valence-electron chi connectivity index (χ2n) is 9.88. The molecule has 0 saturated carbocycles. The Morgan fingerprint density at radius 2 is 2.00 bits per heavy atom. The van der Waals surface area contributed by atoms with Gasteiger partial charge in [-0.2, -0.15) is 0 Å². The highest BCUT2D eigenvalue weighted by molar-refractivity contribution is 7.13. The fourth-order valence-corrected chi connectivity index (χ4v) is 4.83. The molecule has 2 aromatic heterocycles. The van der Waals surface area contributed by atoms with Crippen molar-refractivity contribution in [2.75, 3.05) is 14.2 Å². The molecule has 2 amide bonds. The molecule has 0 fully saturated rings. The van der Waals surface area contributed by atoms with Gasteiger partial charge in [-0.25, -0.2) is 4.98 Å². The SMILES string of the molecule is COc1cc2c(cc1C(=O)NC(C)C)-c1c(-c3cccs3)nc(C(=O)N(C)C(C)(C)C)n1CC2. The first-order valence-corrected chi connectivity index (χ1v) is 12.4. The topological polar surface area (TPSA) is 76.5 Å². The molecule has 0 bridgehead atoms. The van der Waals surface area contributed by atoms with Crippen LogP contribution in [0.1, 0.15) is 61.2 Å². The van der Waals surface area contributed by atoms with Crippen molar-refractivity contribution in [1.29, 1.82) is 0 Å². The summed E-state index contributed by atoms with van der Waals surface area (Å²) in [5.41, 5.74) is 3.76. The van der Waals surface area contributed by atoms with Crippen molar-refractivity contribution in [1.82, 2.24) is 19.8 Å². The van der Waals surface area contributed by atoms with Crippen LogP contribution in [0.15, 0.2) is 29.6 Å². The number of carbonyl (C=O) groups is 2. The van der Waals surface area contributed by atoms with E-state index < -0.39 is 0 Å². The van der Waals surface area contributed by atoms with Crippen molar-refractivity contribution in [3.8, 4) is 27.6 Å². The summed E-state index contributed by atoms with van der Waals surface area (Å²) < 4.78 is 7.59. The Labute approximate surface area is 204 Å². The molecule has 1 aliphatic heterocycles. The van der Waals surface area contributed by atoms with Crippen LogP contribution in [-0.2, 0) is 13.0 Å². The van der Waals surface area contributed by atoms with Crippen LogP contribution < -0.4 is 10.1 Å². The van der Waals surface area contributed by atoms with Crippen LogP contribution >= 0.6 is 11.3 Å². The largest absolute Gasteiger partial charge is 0.496 e. The van der Waals surface area contributed by atoms with Gasteiger partial charge in [0, 0.05) is 30.7 Å². The fraction of sp³-hybridized carbons (Fsp3) is 0.423. The van der Waals surface area contributed by atoms with Crippen LogP contribution in [0, 0.1) is 0 Å². The van der Waals surface area contributed by atoms with Crippen molar-refractivity contribution in [3.63, 3.8) is 0 Å². The lowest BCUT2D eigenvalue weighted by atomic mass is 9.93. The van der Waals surface area contributed by atoms with Gasteiger partial charge in [-0.15, -0.1) is 11.3 Å². The molecule has 0 atom stereocenters. The van der Waals surface area contributed by atoms with Gasteiger partial charge in [-0.1, -0.05) is 6.07 Å². The number of fused-ring (bicyclic) bond motifs is 3. The van der Waals surface area contributed by atoms with Crippen LogP contribution in [0.3, 0.4) is 0 Å². The summed E-state index contributed by atoms with van der Waals surface area (Å²) in [6.07, 6.45) is 0.713. The third-order valence-electron chi connectivity index (χ3n) is 6.17. The lowest BCUT2D eigenvalue weighted by molar-refractivity contribution is 0.0637. The van der Waals surface area contributed by atoms with E-state index in [9.17, 15) is 9.59 Å². The Morgan fingerprint density at radius 1 is 1.26 bits per heavy atom. The van der Waals surface area contributed by atoms with E-state index in [-0.39, 0.29) is 23.4 Å². The number of benzene rings is 1. The maximum Gasteiger partial charge on any atom is 0.290 e. The zero-order valence-electron chi connectivity index (χ0n) is 20.9. The molecule has 0 radical (unpaired) electrons. The first-order valence-electron chi connectivity index (χ1n) is 11.5. The number of ether oxygens (including phenoxy) is 1. The lowest BCUT2D eigenvalue weighted by Crippen LogP contribution is -2.43. The number of imidazole rings is 1. The van der Waals surface area contributed by atoms with Gasteiger partial charge in [0.2, 0.25) is 0 Å². The molecule has 3 aromatic rings. The normalized spacial score (nSPS) is 12.8. The third kappa shape index (κ3) is 4.22. The predicted molar refractivity (Wildman–Crippen MR) is 136 cm³/mol. The number of nitrogens with zero attached hydrogens (tertiary/aromatic N) is 3. The van der Waals surface area contributed by atoms with E-state index in [0.29, 0.717) is 30.1 Å². The van der Waals surface area contributed by atoms with Gasteiger partial charge < -0.3 is 19.5 Å². The Hall–Kier alpha value is -3.13. The summed E-state index contributed by atoms with van der Waals surface area (Å²) >= 11 is 1.58. The maximum absolute atomic E-state index is 13.5. The molecule has 8 heteroatoms. The molecule has 1 aliphatic rings. The smallest absolute Gasteiger partial charge is 0.290 e. The molecule has 0 aliphatic carbocycles. The second kappa shape index (κ2) is 8.91. The Morgan fingerprint density at radius 3 is 2.59 bits per heavy atom. The average Bonchev–Trinajstić information content (AvgIpc) is 3.43. The first-order chi connectivity index (χ1) is 16.0. The second-order valence-corrected chi connectivity index (χ2v) is 10.8. The number of carbonyl (C=O) groups excluding carboxylic acids is 2. The molecular weight excluding hydrogens is 448 g/mol. The number of aryl methyl sites for hydroxylation is 1. The summed E-state index contributed by atoms with van der Waals surface area (Å²) in [4.78, 5) is 34.1. The van der Waals surface area contributed by atoms with Gasteiger partial charge in [-0.3, -0.25) is 9.59 Å². The van der Waals surface area contributed by atoms with E-state index in [1.807, 2.05) is 75.9 Å². The average molecular weight is 481 g/mol. The lowest BCUT2D eigenvalue weighted by Gasteiger charge is -2.32. The monoisotopic (exact) mass is 480 g/mol. The first kappa shape index (κ1) is 24.0. The number of methoxy groups -OCH3 is 1. The summed E-state index contributed by atoms with van der Waals surface area (Å²) in [5, 5.41) is 4.96. The molecule has 34 heavy (non-hydrogen) atoms. The van der Waals surface area contributed by atoms with Gasteiger partial charge in [0.1, 0.15) is 11.4 Å². The number of rotatable bonds is 5. The van der Waals surface area contributed by atoms with Crippen molar-refractivity contribution in [2.24, 2.45) is 0 Å². The third-order valence-corrected chi connectivity index (χ3v) is 7.05. The molecule has 0 saturated heterocycles. The summed E-state index contributed by atoms with van der Waals surface area (Å²) in [6.45, 7) is 10.5. The van der Waals surface area contributed by atoms with E-state index in [1.165, 1.54) is 0 Å². The van der Waals surface area contributed by atoms with Crippen molar-refractivity contribution in [2.45, 2.75) is 59.2 Å². The van der Waals surface area contributed by atoms with Crippen molar-refractivity contribution in [3.05, 3.63) is 46.6 Å². The number of amides is 2. The van der Waals surface area contributed by atoms with Crippen LogP contribution in [-0.4, -0.2) is 52.0 Å². The van der Waals surface area contributed by atoms with Crippen LogP contribution in [0.4, 0.5) is 0 Å². The van der Waals surface area contributed by atoms with Gasteiger partial charge in [0.15, 0.2) is 5.82 Å². The van der Waals surface area contributed by atoms with E-state index in [2.05, 4.69) is 5.32 Å². The van der Waals surface area contributed by atoms with E-state index in [4.69, 9.17) is 9.72 Å². The number of hydrogen-bond acceptors (Lipinski definition) is 5. The van der Waals surface area contributed by atoms with Gasteiger partial charge in [0.25, 0.3) is 11.8 Å². The minimum absolute atomic E-state index is 0.00222.